The summed E-state index contributed by atoms with van der Waals surface area (Å²) in [6.45, 7) is 7.12. The van der Waals surface area contributed by atoms with Crippen LogP contribution >= 0.6 is 34.5 Å². The molecule has 0 aliphatic rings. The summed E-state index contributed by atoms with van der Waals surface area (Å²) in [6.07, 6.45) is 0.615. The van der Waals surface area contributed by atoms with E-state index in [0.717, 1.165) is 10.6 Å². The summed E-state index contributed by atoms with van der Waals surface area (Å²) in [5.41, 5.74) is 1.25. The van der Waals surface area contributed by atoms with Gasteiger partial charge < -0.3 is 15.0 Å². The second kappa shape index (κ2) is 10.8. The van der Waals surface area contributed by atoms with Crippen LogP contribution in [0.1, 0.15) is 34.3 Å². The van der Waals surface area contributed by atoms with Gasteiger partial charge in [-0.1, -0.05) is 23.2 Å². The Kier molecular flexibility index (Phi) is 8.69. The molecule has 0 aliphatic heterocycles. The van der Waals surface area contributed by atoms with Crippen LogP contribution in [0.25, 0.3) is 0 Å². The van der Waals surface area contributed by atoms with E-state index < -0.39 is 0 Å². The maximum atomic E-state index is 12.9. The number of ether oxygens (including phenoxy) is 1. The number of hydrogen-bond acceptors (Lipinski definition) is 5. The van der Waals surface area contributed by atoms with Crippen molar-refractivity contribution < 1.29 is 14.3 Å². The molecule has 0 atom stereocenters. The maximum absolute atomic E-state index is 12.9. The van der Waals surface area contributed by atoms with E-state index in [1.54, 1.807) is 12.1 Å². The lowest BCUT2D eigenvalue weighted by Crippen LogP contribution is -2.39. The number of benzene rings is 1. The van der Waals surface area contributed by atoms with Gasteiger partial charge in [0.05, 0.1) is 15.7 Å². The molecule has 1 aromatic heterocycles. The molecule has 0 bridgehead atoms. The van der Waals surface area contributed by atoms with Crippen LogP contribution in [-0.2, 0) is 9.53 Å². The first-order chi connectivity index (χ1) is 13.3. The number of aromatic nitrogens is 1. The molecule has 2 amide bonds. The quantitative estimate of drug-likeness (QED) is 0.575. The molecule has 0 aliphatic carbocycles. The molecule has 28 heavy (non-hydrogen) atoms. The summed E-state index contributed by atoms with van der Waals surface area (Å²) in [4.78, 5) is 32.2. The van der Waals surface area contributed by atoms with E-state index >= 15 is 0 Å². The SMILES string of the molecule is CCOCCCN(CC(=O)Nc1nc(C)c(C)s1)C(=O)c1ccc(Cl)c(Cl)c1. The normalized spacial score (nSPS) is 10.8. The number of nitrogens with zero attached hydrogens (tertiary/aromatic N) is 2. The first kappa shape index (κ1) is 22.6. The van der Waals surface area contributed by atoms with Crippen LogP contribution in [0, 0.1) is 13.8 Å². The van der Waals surface area contributed by atoms with Crippen molar-refractivity contribution in [1.82, 2.24) is 9.88 Å². The molecule has 2 aromatic rings. The van der Waals surface area contributed by atoms with Crippen LogP contribution in [0.15, 0.2) is 18.2 Å². The average molecular weight is 444 g/mol. The van der Waals surface area contributed by atoms with E-state index in [1.165, 1.54) is 22.3 Å². The third kappa shape index (κ3) is 6.44. The number of amides is 2. The summed E-state index contributed by atoms with van der Waals surface area (Å²) in [7, 11) is 0. The van der Waals surface area contributed by atoms with Gasteiger partial charge in [0.1, 0.15) is 6.54 Å². The molecule has 0 radical (unpaired) electrons. The predicted octanol–water partition coefficient (Wildman–Crippen LogP) is 4.57. The van der Waals surface area contributed by atoms with E-state index in [4.69, 9.17) is 27.9 Å². The second-order valence-electron chi connectivity index (χ2n) is 6.11. The van der Waals surface area contributed by atoms with Crippen molar-refractivity contribution in [3.05, 3.63) is 44.4 Å². The van der Waals surface area contributed by atoms with Gasteiger partial charge >= 0.3 is 0 Å². The van der Waals surface area contributed by atoms with Crippen LogP contribution in [0.5, 0.6) is 0 Å². The number of carbonyl (C=O) groups excluding carboxylic acids is 2. The van der Waals surface area contributed by atoms with Crippen molar-refractivity contribution in [2.24, 2.45) is 0 Å². The summed E-state index contributed by atoms with van der Waals surface area (Å²) in [6, 6.07) is 4.67. The van der Waals surface area contributed by atoms with E-state index in [9.17, 15) is 9.59 Å². The van der Waals surface area contributed by atoms with Crippen molar-refractivity contribution in [1.29, 1.82) is 0 Å². The molecule has 152 valence electrons. The van der Waals surface area contributed by atoms with Crippen molar-refractivity contribution >= 4 is 51.5 Å². The average Bonchev–Trinajstić information content (AvgIpc) is 2.96. The molecule has 1 aromatic carbocycles. The lowest BCUT2D eigenvalue weighted by atomic mass is 10.2. The predicted molar refractivity (Wildman–Crippen MR) is 114 cm³/mol. The molecule has 0 saturated carbocycles. The van der Waals surface area contributed by atoms with Gasteiger partial charge in [0.15, 0.2) is 5.13 Å². The summed E-state index contributed by atoms with van der Waals surface area (Å²) < 4.78 is 5.34. The zero-order valence-electron chi connectivity index (χ0n) is 16.1. The van der Waals surface area contributed by atoms with Crippen LogP contribution in [0.3, 0.4) is 0 Å². The molecule has 6 nitrogen and oxygen atoms in total. The Balaban J connectivity index is 2.09. The molecule has 0 spiro atoms. The molecule has 0 fully saturated rings. The minimum atomic E-state index is -0.307. The largest absolute Gasteiger partial charge is 0.382 e. The van der Waals surface area contributed by atoms with Crippen LogP contribution in [0.4, 0.5) is 5.13 Å². The highest BCUT2D eigenvalue weighted by molar-refractivity contribution is 7.15. The van der Waals surface area contributed by atoms with Gasteiger partial charge in [-0.15, -0.1) is 11.3 Å². The Morgan fingerprint density at radius 2 is 2.00 bits per heavy atom. The number of nitrogens with one attached hydrogen (secondary N) is 1. The second-order valence-corrected chi connectivity index (χ2v) is 8.13. The lowest BCUT2D eigenvalue weighted by molar-refractivity contribution is -0.116. The van der Waals surface area contributed by atoms with E-state index in [-0.39, 0.29) is 18.4 Å². The smallest absolute Gasteiger partial charge is 0.254 e. The Morgan fingerprint density at radius 3 is 2.61 bits per heavy atom. The van der Waals surface area contributed by atoms with Crippen LogP contribution in [0.2, 0.25) is 10.0 Å². The minimum Gasteiger partial charge on any atom is -0.382 e. The molecular weight excluding hydrogens is 421 g/mol. The van der Waals surface area contributed by atoms with Crippen molar-refractivity contribution in [2.45, 2.75) is 27.2 Å². The minimum absolute atomic E-state index is 0.0944. The Bertz CT molecular complexity index is 822. The Morgan fingerprint density at radius 1 is 1.25 bits per heavy atom. The molecule has 0 saturated heterocycles. The summed E-state index contributed by atoms with van der Waals surface area (Å²) in [5.74, 6) is -0.602. The fraction of sp³-hybridized carbons (Fsp3) is 0.421. The molecular formula is C19H23Cl2N3O3S. The lowest BCUT2D eigenvalue weighted by Gasteiger charge is -2.22. The molecule has 0 unspecified atom stereocenters. The van der Waals surface area contributed by atoms with Crippen LogP contribution in [-0.4, -0.2) is 48.0 Å². The standard InChI is InChI=1S/C19H23Cl2N3O3S/c1-4-27-9-5-8-24(18(26)14-6-7-15(20)16(21)10-14)11-17(25)23-19-22-12(2)13(3)28-19/h6-7,10H,4-5,8-9,11H2,1-3H3,(H,22,23,25). The molecule has 2 rings (SSSR count). The fourth-order valence-electron chi connectivity index (χ4n) is 2.42. The highest BCUT2D eigenvalue weighted by atomic mass is 35.5. The summed E-state index contributed by atoms with van der Waals surface area (Å²) >= 11 is 13.4. The first-order valence-electron chi connectivity index (χ1n) is 8.87. The first-order valence-corrected chi connectivity index (χ1v) is 10.4. The number of rotatable bonds is 9. The van der Waals surface area contributed by atoms with E-state index in [0.29, 0.717) is 46.9 Å². The monoisotopic (exact) mass is 443 g/mol. The van der Waals surface area contributed by atoms with Crippen molar-refractivity contribution in [3.63, 3.8) is 0 Å². The summed E-state index contributed by atoms with van der Waals surface area (Å²) in [5, 5.41) is 3.94. The number of halogens is 2. The highest BCUT2D eigenvalue weighted by Gasteiger charge is 2.20. The van der Waals surface area contributed by atoms with Crippen LogP contribution < -0.4 is 5.32 Å². The van der Waals surface area contributed by atoms with Gasteiger partial charge in [0.2, 0.25) is 5.91 Å². The highest BCUT2D eigenvalue weighted by Crippen LogP contribution is 2.24. The van der Waals surface area contributed by atoms with Gasteiger partial charge in [0, 0.05) is 30.2 Å². The number of anilines is 1. The maximum Gasteiger partial charge on any atom is 0.254 e. The van der Waals surface area contributed by atoms with Gasteiger partial charge in [-0.3, -0.25) is 9.59 Å². The zero-order chi connectivity index (χ0) is 20.7. The zero-order valence-corrected chi connectivity index (χ0v) is 18.4. The Hall–Kier alpha value is -1.67. The van der Waals surface area contributed by atoms with Crippen molar-refractivity contribution in [2.75, 3.05) is 31.6 Å². The fourth-order valence-corrected chi connectivity index (χ4v) is 3.55. The van der Waals surface area contributed by atoms with Crippen molar-refractivity contribution in [3.8, 4) is 0 Å². The van der Waals surface area contributed by atoms with Gasteiger partial charge in [-0.05, 0) is 45.4 Å². The van der Waals surface area contributed by atoms with Gasteiger partial charge in [-0.2, -0.15) is 0 Å². The van der Waals surface area contributed by atoms with E-state index in [2.05, 4.69) is 10.3 Å². The third-order valence-corrected chi connectivity index (χ3v) is 5.71. The van der Waals surface area contributed by atoms with Gasteiger partial charge in [0.25, 0.3) is 5.91 Å². The molecule has 1 heterocycles. The van der Waals surface area contributed by atoms with Gasteiger partial charge in [-0.25, -0.2) is 4.98 Å². The topological polar surface area (TPSA) is 71.5 Å². The number of hydrogen-bond donors (Lipinski definition) is 1. The molecule has 1 N–H and O–H groups in total. The molecule has 9 heteroatoms. The Labute approximate surface area is 178 Å². The number of carbonyl (C=O) groups is 2. The third-order valence-electron chi connectivity index (χ3n) is 3.98. The van der Waals surface area contributed by atoms with E-state index in [1.807, 2.05) is 20.8 Å². The number of aryl methyl sites for hydroxylation is 2. The number of thiazole rings is 1.